The first-order valence-corrected chi connectivity index (χ1v) is 6.98. The predicted octanol–water partition coefficient (Wildman–Crippen LogP) is 2.82. The van der Waals surface area contributed by atoms with Gasteiger partial charge in [-0.05, 0) is 31.4 Å². The Balaban J connectivity index is 2.14. The summed E-state index contributed by atoms with van der Waals surface area (Å²) in [6.07, 6.45) is 4.81. The molecule has 2 unspecified atom stereocenters. The molecule has 2 rings (SSSR count). The number of hydrogen-bond donors (Lipinski definition) is 2. The van der Waals surface area contributed by atoms with Gasteiger partial charge in [-0.2, -0.15) is 0 Å². The number of halogens is 1. The minimum absolute atomic E-state index is 0.119. The van der Waals surface area contributed by atoms with E-state index in [-0.39, 0.29) is 11.5 Å². The molecule has 1 aromatic rings. The molecule has 1 aliphatic rings. The van der Waals surface area contributed by atoms with Crippen LogP contribution in [0.1, 0.15) is 30.6 Å². The first kappa shape index (κ1) is 12.4. The van der Waals surface area contributed by atoms with Crippen molar-refractivity contribution >= 4 is 22.9 Å². The molecule has 2 atom stereocenters. The Kier molecular flexibility index (Phi) is 3.90. The van der Waals surface area contributed by atoms with Crippen LogP contribution in [0.3, 0.4) is 0 Å². The molecule has 4 heteroatoms. The number of nitrogens with two attached hydrogens (primary N) is 1. The van der Waals surface area contributed by atoms with E-state index in [0.717, 1.165) is 30.0 Å². The quantitative estimate of drug-likeness (QED) is 0.877. The standard InChI is InChI=1S/C12H18ClNOS/c13-11-5-4-9(16-11)7-12(8-14)6-2-1-3-10(12)15/h4-5,10,15H,1-3,6-8,14H2. The summed E-state index contributed by atoms with van der Waals surface area (Å²) in [7, 11) is 0. The summed E-state index contributed by atoms with van der Waals surface area (Å²) in [6, 6.07) is 3.96. The zero-order valence-electron chi connectivity index (χ0n) is 9.29. The van der Waals surface area contributed by atoms with E-state index >= 15 is 0 Å². The number of aliphatic hydroxyl groups excluding tert-OH is 1. The number of hydrogen-bond acceptors (Lipinski definition) is 3. The summed E-state index contributed by atoms with van der Waals surface area (Å²) in [4.78, 5) is 1.23. The highest BCUT2D eigenvalue weighted by Gasteiger charge is 2.38. The van der Waals surface area contributed by atoms with E-state index in [1.165, 1.54) is 11.3 Å². The Hall–Kier alpha value is -0.0900. The van der Waals surface area contributed by atoms with E-state index in [4.69, 9.17) is 17.3 Å². The van der Waals surface area contributed by atoms with Crippen molar-refractivity contribution in [2.24, 2.45) is 11.1 Å². The van der Waals surface area contributed by atoms with Crippen LogP contribution < -0.4 is 5.73 Å². The van der Waals surface area contributed by atoms with Crippen LogP contribution in [0.15, 0.2) is 12.1 Å². The summed E-state index contributed by atoms with van der Waals surface area (Å²) >= 11 is 7.52. The molecule has 90 valence electrons. The Bertz CT molecular complexity index is 355. The number of aliphatic hydroxyl groups is 1. The average Bonchev–Trinajstić information content (AvgIpc) is 2.67. The van der Waals surface area contributed by atoms with E-state index in [0.29, 0.717) is 6.54 Å². The highest BCUT2D eigenvalue weighted by Crippen LogP contribution is 2.40. The molecule has 0 aromatic carbocycles. The van der Waals surface area contributed by atoms with Gasteiger partial charge in [-0.25, -0.2) is 0 Å². The first-order valence-electron chi connectivity index (χ1n) is 5.79. The molecule has 1 fully saturated rings. The van der Waals surface area contributed by atoms with Crippen molar-refractivity contribution < 1.29 is 5.11 Å². The van der Waals surface area contributed by atoms with Gasteiger partial charge in [0.1, 0.15) is 0 Å². The monoisotopic (exact) mass is 259 g/mol. The average molecular weight is 260 g/mol. The molecule has 0 aliphatic heterocycles. The maximum absolute atomic E-state index is 10.2. The third-order valence-electron chi connectivity index (χ3n) is 3.67. The fraction of sp³-hybridized carbons (Fsp3) is 0.667. The summed E-state index contributed by atoms with van der Waals surface area (Å²) in [5.41, 5.74) is 5.78. The Morgan fingerprint density at radius 3 is 2.88 bits per heavy atom. The van der Waals surface area contributed by atoms with E-state index in [1.807, 2.05) is 12.1 Å². The lowest BCUT2D eigenvalue weighted by Crippen LogP contribution is -2.45. The first-order chi connectivity index (χ1) is 7.66. The van der Waals surface area contributed by atoms with Crippen molar-refractivity contribution in [3.05, 3.63) is 21.3 Å². The SMILES string of the molecule is NCC1(Cc2ccc(Cl)s2)CCCCC1O. The fourth-order valence-electron chi connectivity index (χ4n) is 2.60. The molecule has 0 spiro atoms. The third-order valence-corrected chi connectivity index (χ3v) is 4.90. The van der Waals surface area contributed by atoms with E-state index in [2.05, 4.69) is 0 Å². The maximum atomic E-state index is 10.2. The van der Waals surface area contributed by atoms with Gasteiger partial charge >= 0.3 is 0 Å². The third kappa shape index (κ3) is 2.43. The lowest BCUT2D eigenvalue weighted by atomic mass is 9.69. The molecule has 1 heterocycles. The Labute approximate surface area is 105 Å². The van der Waals surface area contributed by atoms with Crippen LogP contribution in [0.5, 0.6) is 0 Å². The van der Waals surface area contributed by atoms with Crippen molar-refractivity contribution in [2.75, 3.05) is 6.54 Å². The molecule has 0 saturated heterocycles. The molecule has 16 heavy (non-hydrogen) atoms. The van der Waals surface area contributed by atoms with Crippen LogP contribution in [0, 0.1) is 5.41 Å². The van der Waals surface area contributed by atoms with Crippen LogP contribution in [0.2, 0.25) is 4.34 Å². The largest absolute Gasteiger partial charge is 0.392 e. The van der Waals surface area contributed by atoms with E-state index in [1.54, 1.807) is 11.3 Å². The van der Waals surface area contributed by atoms with Gasteiger partial charge in [-0.1, -0.05) is 24.4 Å². The number of thiophene rings is 1. The van der Waals surface area contributed by atoms with Gasteiger partial charge in [-0.3, -0.25) is 0 Å². The molecule has 1 saturated carbocycles. The van der Waals surface area contributed by atoms with Gasteiger partial charge in [0.15, 0.2) is 0 Å². The Morgan fingerprint density at radius 1 is 1.50 bits per heavy atom. The molecule has 1 aromatic heterocycles. The van der Waals surface area contributed by atoms with Crippen molar-refractivity contribution in [3.63, 3.8) is 0 Å². The minimum Gasteiger partial charge on any atom is -0.392 e. The highest BCUT2D eigenvalue weighted by atomic mass is 35.5. The van der Waals surface area contributed by atoms with Crippen LogP contribution >= 0.6 is 22.9 Å². The predicted molar refractivity (Wildman–Crippen MR) is 69.0 cm³/mol. The van der Waals surface area contributed by atoms with E-state index in [9.17, 15) is 5.11 Å². The Morgan fingerprint density at radius 2 is 2.31 bits per heavy atom. The van der Waals surface area contributed by atoms with Crippen LogP contribution in [-0.4, -0.2) is 17.8 Å². The highest BCUT2D eigenvalue weighted by molar-refractivity contribution is 7.16. The lowest BCUT2D eigenvalue weighted by molar-refractivity contribution is -0.00533. The van der Waals surface area contributed by atoms with Gasteiger partial charge in [0.2, 0.25) is 0 Å². The second kappa shape index (κ2) is 5.05. The summed E-state index contributed by atoms with van der Waals surface area (Å²) in [5, 5.41) is 10.2. The fourth-order valence-corrected chi connectivity index (χ4v) is 3.84. The minimum atomic E-state index is -0.257. The van der Waals surface area contributed by atoms with Gasteiger partial charge in [0.05, 0.1) is 10.4 Å². The normalized spacial score (nSPS) is 30.6. The van der Waals surface area contributed by atoms with E-state index < -0.39 is 0 Å². The summed E-state index contributed by atoms with van der Waals surface area (Å²) in [5.74, 6) is 0. The van der Waals surface area contributed by atoms with Crippen molar-refractivity contribution in [3.8, 4) is 0 Å². The smallest absolute Gasteiger partial charge is 0.0931 e. The van der Waals surface area contributed by atoms with Crippen LogP contribution in [0.25, 0.3) is 0 Å². The second-order valence-corrected chi connectivity index (χ2v) is 6.51. The van der Waals surface area contributed by atoms with Gasteiger partial charge < -0.3 is 10.8 Å². The zero-order chi connectivity index (χ0) is 11.6. The molecule has 3 N–H and O–H groups in total. The topological polar surface area (TPSA) is 46.2 Å². The van der Waals surface area contributed by atoms with Gasteiger partial charge in [0.25, 0.3) is 0 Å². The molecule has 0 bridgehead atoms. The summed E-state index contributed by atoms with van der Waals surface area (Å²) in [6.45, 7) is 0.559. The molecule has 1 aliphatic carbocycles. The van der Waals surface area contributed by atoms with Gasteiger partial charge in [-0.15, -0.1) is 11.3 Å². The molecule has 0 amide bonds. The summed E-state index contributed by atoms with van der Waals surface area (Å²) < 4.78 is 0.812. The zero-order valence-corrected chi connectivity index (χ0v) is 10.9. The second-order valence-electron chi connectivity index (χ2n) is 4.71. The van der Waals surface area contributed by atoms with Crippen molar-refractivity contribution in [1.29, 1.82) is 0 Å². The van der Waals surface area contributed by atoms with Gasteiger partial charge in [0, 0.05) is 16.8 Å². The molecular weight excluding hydrogens is 242 g/mol. The van der Waals surface area contributed by atoms with Crippen LogP contribution in [-0.2, 0) is 6.42 Å². The molecule has 0 radical (unpaired) electrons. The van der Waals surface area contributed by atoms with Crippen LogP contribution in [0.4, 0.5) is 0 Å². The number of rotatable bonds is 3. The van der Waals surface area contributed by atoms with Crippen molar-refractivity contribution in [1.82, 2.24) is 0 Å². The molecule has 2 nitrogen and oxygen atoms in total. The van der Waals surface area contributed by atoms with Crippen molar-refractivity contribution in [2.45, 2.75) is 38.2 Å². The maximum Gasteiger partial charge on any atom is 0.0931 e. The molecular formula is C12H18ClNOS. The lowest BCUT2D eigenvalue weighted by Gasteiger charge is -2.40.